The van der Waals surface area contributed by atoms with Crippen molar-refractivity contribution in [1.29, 1.82) is 0 Å². The van der Waals surface area contributed by atoms with Crippen LogP contribution in [0.25, 0.3) is 0 Å². The molecule has 0 aliphatic rings. The van der Waals surface area contributed by atoms with Gasteiger partial charge in [0.05, 0.1) is 10.6 Å². The van der Waals surface area contributed by atoms with Crippen molar-refractivity contribution in [2.75, 3.05) is 17.3 Å². The molecule has 0 bridgehead atoms. The lowest BCUT2D eigenvalue weighted by Gasteiger charge is -2.06. The van der Waals surface area contributed by atoms with Crippen LogP contribution < -0.4 is 5.73 Å². The van der Waals surface area contributed by atoms with Gasteiger partial charge >= 0.3 is 0 Å². The molecule has 1 aromatic rings. The lowest BCUT2D eigenvalue weighted by molar-refractivity contribution is 0.597. The van der Waals surface area contributed by atoms with Crippen molar-refractivity contribution < 1.29 is 8.42 Å². The van der Waals surface area contributed by atoms with E-state index >= 15 is 0 Å². The van der Waals surface area contributed by atoms with Crippen molar-refractivity contribution in [1.82, 2.24) is 0 Å². The van der Waals surface area contributed by atoms with Gasteiger partial charge in [0.1, 0.15) is 0 Å². The topological polar surface area (TPSA) is 60.2 Å². The summed E-state index contributed by atoms with van der Waals surface area (Å²) in [7, 11) is -3.16. The Labute approximate surface area is 120 Å². The SMILES string of the molecule is CCCCCSCCS(=O)(=O)c1cccc(CN)c1. The fourth-order valence-corrected chi connectivity index (χ4v) is 4.52. The van der Waals surface area contributed by atoms with E-state index in [0.717, 1.165) is 11.3 Å². The first kappa shape index (κ1) is 16.5. The number of unbranched alkanes of at least 4 members (excludes halogenated alkanes) is 2. The lowest BCUT2D eigenvalue weighted by atomic mass is 10.2. The second-order valence-electron chi connectivity index (χ2n) is 4.49. The molecule has 0 aromatic heterocycles. The minimum absolute atomic E-state index is 0.206. The van der Waals surface area contributed by atoms with Crippen molar-refractivity contribution in [3.8, 4) is 0 Å². The average Bonchev–Trinajstić information content (AvgIpc) is 2.43. The Bertz CT molecular complexity index is 472. The Balaban J connectivity index is 2.46. The number of hydrogen-bond donors (Lipinski definition) is 1. The van der Waals surface area contributed by atoms with Crippen LogP contribution in [0.4, 0.5) is 0 Å². The van der Waals surface area contributed by atoms with Gasteiger partial charge in [-0.15, -0.1) is 0 Å². The molecular weight excluding hydrogens is 278 g/mol. The molecule has 0 atom stereocenters. The van der Waals surface area contributed by atoms with E-state index in [1.165, 1.54) is 19.3 Å². The summed E-state index contributed by atoms with van der Waals surface area (Å²) in [5, 5.41) is 0. The summed E-state index contributed by atoms with van der Waals surface area (Å²) >= 11 is 1.72. The van der Waals surface area contributed by atoms with E-state index in [1.54, 1.807) is 30.0 Å². The monoisotopic (exact) mass is 301 g/mol. The molecule has 0 heterocycles. The molecule has 0 radical (unpaired) electrons. The van der Waals surface area contributed by atoms with Crippen LogP contribution in [-0.2, 0) is 16.4 Å². The van der Waals surface area contributed by atoms with E-state index < -0.39 is 9.84 Å². The van der Waals surface area contributed by atoms with Crippen molar-refractivity contribution in [2.45, 2.75) is 37.6 Å². The van der Waals surface area contributed by atoms with E-state index in [1.807, 2.05) is 6.07 Å². The smallest absolute Gasteiger partial charge is 0.179 e. The van der Waals surface area contributed by atoms with E-state index in [9.17, 15) is 8.42 Å². The minimum Gasteiger partial charge on any atom is -0.326 e. The van der Waals surface area contributed by atoms with Crippen LogP contribution in [0.1, 0.15) is 31.7 Å². The number of hydrogen-bond acceptors (Lipinski definition) is 4. The van der Waals surface area contributed by atoms with Gasteiger partial charge in [0.15, 0.2) is 9.84 Å². The van der Waals surface area contributed by atoms with Gasteiger partial charge < -0.3 is 5.73 Å². The molecule has 1 rings (SSSR count). The Hall–Kier alpha value is -0.520. The first-order chi connectivity index (χ1) is 9.10. The second kappa shape index (κ2) is 8.61. The third-order valence-corrected chi connectivity index (χ3v) is 5.92. The summed E-state index contributed by atoms with van der Waals surface area (Å²) in [5.74, 6) is 1.92. The van der Waals surface area contributed by atoms with Gasteiger partial charge in [0.2, 0.25) is 0 Å². The van der Waals surface area contributed by atoms with Crippen LogP contribution in [0, 0.1) is 0 Å². The Morgan fingerprint density at radius 2 is 2.00 bits per heavy atom. The molecule has 0 amide bonds. The summed E-state index contributed by atoms with van der Waals surface area (Å²) in [6.45, 7) is 2.54. The fraction of sp³-hybridized carbons (Fsp3) is 0.571. The zero-order valence-corrected chi connectivity index (χ0v) is 13.1. The number of sulfone groups is 1. The van der Waals surface area contributed by atoms with Crippen LogP contribution in [0.3, 0.4) is 0 Å². The Morgan fingerprint density at radius 3 is 2.68 bits per heavy atom. The third-order valence-electron chi connectivity index (χ3n) is 2.88. The van der Waals surface area contributed by atoms with Gasteiger partial charge in [-0.25, -0.2) is 8.42 Å². The summed E-state index contributed by atoms with van der Waals surface area (Å²) < 4.78 is 24.3. The molecule has 0 aliphatic carbocycles. The van der Waals surface area contributed by atoms with Crippen LogP contribution in [-0.4, -0.2) is 25.7 Å². The molecule has 0 spiro atoms. The van der Waals surface area contributed by atoms with E-state index in [2.05, 4.69) is 6.92 Å². The van der Waals surface area contributed by atoms with Gasteiger partial charge in [-0.3, -0.25) is 0 Å². The van der Waals surface area contributed by atoms with E-state index in [4.69, 9.17) is 5.73 Å². The Morgan fingerprint density at radius 1 is 1.21 bits per heavy atom. The number of thioether (sulfide) groups is 1. The van der Waals surface area contributed by atoms with Gasteiger partial charge in [-0.05, 0) is 29.9 Å². The molecule has 0 fully saturated rings. The van der Waals surface area contributed by atoms with E-state index in [-0.39, 0.29) is 5.75 Å². The number of nitrogens with two attached hydrogens (primary N) is 1. The van der Waals surface area contributed by atoms with Crippen molar-refractivity contribution in [3.63, 3.8) is 0 Å². The highest BCUT2D eigenvalue weighted by Gasteiger charge is 2.14. The molecule has 5 heteroatoms. The first-order valence-corrected chi connectivity index (χ1v) is 9.50. The maximum atomic E-state index is 12.1. The number of rotatable bonds is 9. The highest BCUT2D eigenvalue weighted by molar-refractivity contribution is 8.00. The van der Waals surface area contributed by atoms with Gasteiger partial charge in [-0.1, -0.05) is 31.9 Å². The highest BCUT2D eigenvalue weighted by Crippen LogP contribution is 2.15. The van der Waals surface area contributed by atoms with Crippen molar-refractivity contribution in [2.24, 2.45) is 5.73 Å². The lowest BCUT2D eigenvalue weighted by Crippen LogP contribution is -2.10. The molecular formula is C14H23NO2S2. The zero-order valence-electron chi connectivity index (χ0n) is 11.5. The van der Waals surface area contributed by atoms with Gasteiger partial charge in [0.25, 0.3) is 0 Å². The molecule has 1 aromatic carbocycles. The van der Waals surface area contributed by atoms with Crippen LogP contribution >= 0.6 is 11.8 Å². The van der Waals surface area contributed by atoms with E-state index in [0.29, 0.717) is 17.2 Å². The van der Waals surface area contributed by atoms with Gasteiger partial charge in [-0.2, -0.15) is 11.8 Å². The summed E-state index contributed by atoms with van der Waals surface area (Å²) in [5.41, 5.74) is 6.39. The standard InChI is InChI=1S/C14H23NO2S2/c1-2-3-4-8-18-9-10-19(16,17)14-7-5-6-13(11-14)12-15/h5-7,11H,2-4,8-10,12,15H2,1H3. The third kappa shape index (κ3) is 5.97. The first-order valence-electron chi connectivity index (χ1n) is 6.69. The average molecular weight is 301 g/mol. The minimum atomic E-state index is -3.16. The predicted molar refractivity (Wildman–Crippen MR) is 83.2 cm³/mol. The molecule has 3 nitrogen and oxygen atoms in total. The molecule has 0 unspecified atom stereocenters. The summed E-state index contributed by atoms with van der Waals surface area (Å²) in [6, 6.07) is 6.93. The van der Waals surface area contributed by atoms with Crippen molar-refractivity contribution in [3.05, 3.63) is 29.8 Å². The molecule has 108 valence electrons. The second-order valence-corrected chi connectivity index (χ2v) is 7.82. The van der Waals surface area contributed by atoms with Gasteiger partial charge in [0, 0.05) is 12.3 Å². The largest absolute Gasteiger partial charge is 0.326 e. The normalized spacial score (nSPS) is 11.7. The summed E-state index contributed by atoms with van der Waals surface area (Å²) in [4.78, 5) is 0.393. The van der Waals surface area contributed by atoms with Crippen molar-refractivity contribution >= 4 is 21.6 Å². The van der Waals surface area contributed by atoms with Crippen LogP contribution in [0.2, 0.25) is 0 Å². The zero-order chi connectivity index (χ0) is 14.1. The van der Waals surface area contributed by atoms with Crippen LogP contribution in [0.5, 0.6) is 0 Å². The maximum Gasteiger partial charge on any atom is 0.179 e. The Kier molecular flexibility index (Phi) is 7.49. The molecule has 0 saturated carbocycles. The quantitative estimate of drug-likeness (QED) is 0.713. The maximum absolute atomic E-state index is 12.1. The molecule has 0 aliphatic heterocycles. The fourth-order valence-electron chi connectivity index (χ4n) is 1.71. The summed E-state index contributed by atoms with van der Waals surface area (Å²) in [6.07, 6.45) is 3.59. The molecule has 19 heavy (non-hydrogen) atoms. The molecule has 2 N–H and O–H groups in total. The number of benzene rings is 1. The highest BCUT2D eigenvalue weighted by atomic mass is 32.2. The molecule has 0 saturated heterocycles. The predicted octanol–water partition coefficient (Wildman–Crippen LogP) is 2.84. The van der Waals surface area contributed by atoms with Crippen LogP contribution in [0.15, 0.2) is 29.2 Å².